The van der Waals surface area contributed by atoms with E-state index in [-0.39, 0.29) is 11.9 Å². The molecular weight excluding hydrogens is 305 g/mol. The molecule has 0 unspecified atom stereocenters. The first-order chi connectivity index (χ1) is 10.9. The number of hydrogen-bond acceptors (Lipinski definition) is 2. The van der Waals surface area contributed by atoms with Crippen molar-refractivity contribution in [3.8, 4) is 0 Å². The van der Waals surface area contributed by atoms with E-state index in [4.69, 9.17) is 0 Å². The molecule has 1 heterocycles. The molecule has 1 amide bonds. The maximum Gasteiger partial charge on any atom is 0.401 e. The summed E-state index contributed by atoms with van der Waals surface area (Å²) in [6.07, 6.45) is 3.17. The van der Waals surface area contributed by atoms with Crippen molar-refractivity contribution in [1.29, 1.82) is 0 Å². The first kappa shape index (κ1) is 15.7. The zero-order chi connectivity index (χ0) is 16.2. The third-order valence-electron chi connectivity index (χ3n) is 6.58. The highest BCUT2D eigenvalue weighted by atomic mass is 19.4. The van der Waals surface area contributed by atoms with Gasteiger partial charge in [-0.15, -0.1) is 0 Å². The van der Waals surface area contributed by atoms with Crippen molar-refractivity contribution in [1.82, 2.24) is 10.2 Å². The third-order valence-corrected chi connectivity index (χ3v) is 6.58. The summed E-state index contributed by atoms with van der Waals surface area (Å²) in [7, 11) is 0. The highest BCUT2D eigenvalue weighted by molar-refractivity contribution is 5.82. The van der Waals surface area contributed by atoms with E-state index >= 15 is 0 Å². The fraction of sp³-hybridized carbons (Fsp3) is 0.941. The van der Waals surface area contributed by atoms with E-state index in [1.54, 1.807) is 0 Å². The summed E-state index contributed by atoms with van der Waals surface area (Å²) < 4.78 is 38.0. The topological polar surface area (TPSA) is 32.3 Å². The van der Waals surface area contributed by atoms with Crippen molar-refractivity contribution in [2.45, 2.75) is 63.2 Å². The Morgan fingerprint density at radius 1 is 1.04 bits per heavy atom. The summed E-state index contributed by atoms with van der Waals surface area (Å²) in [6, 6.07) is -0.377. The van der Waals surface area contributed by atoms with E-state index in [2.05, 4.69) is 5.32 Å². The van der Waals surface area contributed by atoms with Gasteiger partial charge in [-0.25, -0.2) is 0 Å². The highest BCUT2D eigenvalue weighted by Crippen LogP contribution is 2.53. The molecule has 23 heavy (non-hydrogen) atoms. The van der Waals surface area contributed by atoms with Crippen LogP contribution in [0.2, 0.25) is 0 Å². The van der Waals surface area contributed by atoms with Crippen molar-refractivity contribution < 1.29 is 18.0 Å². The summed E-state index contributed by atoms with van der Waals surface area (Å²) in [5.74, 6) is 2.63. The van der Waals surface area contributed by atoms with Crippen LogP contribution in [0.25, 0.3) is 0 Å². The molecule has 5 aliphatic rings. The zero-order valence-corrected chi connectivity index (χ0v) is 13.3. The SMILES string of the molecule is O=C(NC1C2CC3CC(C2)CC1C3)[C@H]1CCCN1CC(F)(F)F. The number of hydrogen-bond donors (Lipinski definition) is 1. The second-order valence-electron chi connectivity index (χ2n) is 8.21. The molecule has 1 aliphatic heterocycles. The van der Waals surface area contributed by atoms with Crippen LogP contribution in [0.1, 0.15) is 44.9 Å². The lowest BCUT2D eigenvalue weighted by Gasteiger charge is -2.54. The Morgan fingerprint density at radius 2 is 1.65 bits per heavy atom. The van der Waals surface area contributed by atoms with Crippen molar-refractivity contribution in [3.63, 3.8) is 0 Å². The number of nitrogens with zero attached hydrogens (tertiary/aromatic N) is 1. The molecule has 6 heteroatoms. The fourth-order valence-electron chi connectivity index (χ4n) is 5.96. The van der Waals surface area contributed by atoms with Gasteiger partial charge in [-0.05, 0) is 75.2 Å². The molecule has 4 saturated carbocycles. The van der Waals surface area contributed by atoms with Crippen molar-refractivity contribution in [3.05, 3.63) is 0 Å². The Balaban J connectivity index is 1.40. The van der Waals surface area contributed by atoms with Crippen LogP contribution in [0, 0.1) is 23.7 Å². The second-order valence-corrected chi connectivity index (χ2v) is 8.21. The van der Waals surface area contributed by atoms with Crippen LogP contribution in [0.15, 0.2) is 0 Å². The average Bonchev–Trinajstić information content (AvgIpc) is 2.87. The lowest BCUT2D eigenvalue weighted by Crippen LogP contribution is -2.58. The summed E-state index contributed by atoms with van der Waals surface area (Å²) in [4.78, 5) is 13.9. The van der Waals surface area contributed by atoms with Crippen LogP contribution in [0.3, 0.4) is 0 Å². The van der Waals surface area contributed by atoms with Crippen LogP contribution in [-0.4, -0.2) is 42.2 Å². The molecule has 5 rings (SSSR count). The first-order valence-electron chi connectivity index (χ1n) is 9.00. The summed E-state index contributed by atoms with van der Waals surface area (Å²) >= 11 is 0. The lowest BCUT2D eigenvalue weighted by atomic mass is 9.54. The van der Waals surface area contributed by atoms with E-state index in [0.29, 0.717) is 31.2 Å². The van der Waals surface area contributed by atoms with Crippen LogP contribution >= 0.6 is 0 Å². The number of amides is 1. The Hall–Kier alpha value is -0.780. The summed E-state index contributed by atoms with van der Waals surface area (Å²) in [5.41, 5.74) is 0. The standard InChI is InChI=1S/C17H25F3N2O/c18-17(19,20)9-22-3-1-2-14(22)16(23)21-15-12-5-10-4-11(7-12)8-13(15)6-10/h10-15H,1-9H2,(H,21,23)/t10?,11?,12?,13?,14-,15?/m1/s1. The quantitative estimate of drug-likeness (QED) is 0.863. The van der Waals surface area contributed by atoms with E-state index in [0.717, 1.165) is 11.8 Å². The van der Waals surface area contributed by atoms with Crippen LogP contribution in [0.4, 0.5) is 13.2 Å². The Labute approximate surface area is 135 Å². The van der Waals surface area contributed by atoms with Crippen molar-refractivity contribution >= 4 is 5.91 Å². The van der Waals surface area contributed by atoms with Crippen LogP contribution in [0.5, 0.6) is 0 Å². The summed E-state index contributed by atoms with van der Waals surface area (Å²) in [5, 5.41) is 3.17. The summed E-state index contributed by atoms with van der Waals surface area (Å²) in [6.45, 7) is -0.591. The predicted molar refractivity (Wildman–Crippen MR) is 79.6 cm³/mol. The van der Waals surface area contributed by atoms with E-state index < -0.39 is 18.8 Å². The molecule has 1 saturated heterocycles. The first-order valence-corrected chi connectivity index (χ1v) is 9.00. The highest BCUT2D eigenvalue weighted by Gasteiger charge is 2.49. The van der Waals surface area contributed by atoms with E-state index in [1.807, 2.05) is 0 Å². The maximum atomic E-state index is 12.7. The van der Waals surface area contributed by atoms with Gasteiger partial charge in [0.1, 0.15) is 0 Å². The monoisotopic (exact) mass is 330 g/mol. The minimum Gasteiger partial charge on any atom is -0.351 e. The largest absolute Gasteiger partial charge is 0.401 e. The predicted octanol–water partition coefficient (Wildman–Crippen LogP) is 2.95. The normalized spacial score (nSPS) is 43.1. The van der Waals surface area contributed by atoms with Gasteiger partial charge in [-0.3, -0.25) is 9.69 Å². The third kappa shape index (κ3) is 3.11. The average molecular weight is 330 g/mol. The Bertz CT molecular complexity index is 451. The molecule has 0 aromatic carbocycles. The van der Waals surface area contributed by atoms with E-state index in [9.17, 15) is 18.0 Å². The van der Waals surface area contributed by atoms with Gasteiger partial charge in [0.05, 0.1) is 12.6 Å². The number of halogens is 3. The van der Waals surface area contributed by atoms with Gasteiger partial charge in [0, 0.05) is 6.04 Å². The van der Waals surface area contributed by atoms with Crippen LogP contribution < -0.4 is 5.32 Å². The molecule has 5 fully saturated rings. The molecule has 0 aromatic heterocycles. The molecule has 130 valence electrons. The number of nitrogens with one attached hydrogen (secondary N) is 1. The van der Waals surface area contributed by atoms with Gasteiger partial charge in [0.15, 0.2) is 0 Å². The number of carbonyl (C=O) groups is 1. The molecule has 1 N–H and O–H groups in total. The van der Waals surface area contributed by atoms with Crippen LogP contribution in [-0.2, 0) is 4.79 Å². The number of rotatable bonds is 3. The molecule has 4 aliphatic carbocycles. The lowest BCUT2D eigenvalue weighted by molar-refractivity contribution is -0.152. The van der Waals surface area contributed by atoms with Gasteiger partial charge in [0.2, 0.25) is 5.91 Å². The van der Waals surface area contributed by atoms with Gasteiger partial charge in [-0.1, -0.05) is 0 Å². The Morgan fingerprint density at radius 3 is 2.22 bits per heavy atom. The minimum atomic E-state index is -4.23. The molecule has 4 bridgehead atoms. The smallest absolute Gasteiger partial charge is 0.351 e. The van der Waals surface area contributed by atoms with Crippen molar-refractivity contribution in [2.24, 2.45) is 23.7 Å². The molecule has 0 aromatic rings. The fourth-order valence-corrected chi connectivity index (χ4v) is 5.96. The Kier molecular flexibility index (Phi) is 3.86. The molecule has 3 nitrogen and oxygen atoms in total. The van der Waals surface area contributed by atoms with Gasteiger partial charge in [-0.2, -0.15) is 13.2 Å². The van der Waals surface area contributed by atoms with Crippen molar-refractivity contribution in [2.75, 3.05) is 13.1 Å². The molecule has 1 atom stereocenters. The van der Waals surface area contributed by atoms with Gasteiger partial charge < -0.3 is 5.32 Å². The minimum absolute atomic E-state index is 0.163. The number of likely N-dealkylation sites (tertiary alicyclic amines) is 1. The van der Waals surface area contributed by atoms with Gasteiger partial charge >= 0.3 is 6.18 Å². The van der Waals surface area contributed by atoms with E-state index in [1.165, 1.54) is 37.0 Å². The second kappa shape index (κ2) is 5.64. The molecule has 0 spiro atoms. The maximum absolute atomic E-state index is 12.7. The van der Waals surface area contributed by atoms with Gasteiger partial charge in [0.25, 0.3) is 0 Å². The zero-order valence-electron chi connectivity index (χ0n) is 13.3. The number of alkyl halides is 3. The molecule has 0 radical (unpaired) electrons. The molecular formula is C17H25F3N2O. The number of carbonyl (C=O) groups excluding carboxylic acids is 1.